The maximum absolute atomic E-state index is 12.8. The number of anilines is 1. The van der Waals surface area contributed by atoms with Crippen LogP contribution in [0.3, 0.4) is 0 Å². The maximum Gasteiger partial charge on any atom is 0.325 e. The van der Waals surface area contributed by atoms with Crippen LogP contribution in [0.1, 0.15) is 39.0 Å². The monoisotopic (exact) mass is 434 g/mol. The normalized spacial score (nSPS) is 25.3. The highest BCUT2D eigenvalue weighted by molar-refractivity contribution is 7.89. The Morgan fingerprint density at radius 3 is 2.57 bits per heavy atom. The third kappa shape index (κ3) is 3.81. The molecule has 9 nitrogen and oxygen atoms in total. The van der Waals surface area contributed by atoms with Crippen LogP contribution in [-0.4, -0.2) is 60.6 Å². The van der Waals surface area contributed by atoms with E-state index in [2.05, 4.69) is 10.6 Å². The summed E-state index contributed by atoms with van der Waals surface area (Å²) >= 11 is 0. The molecule has 1 atom stereocenters. The zero-order valence-corrected chi connectivity index (χ0v) is 17.7. The SMILES string of the molecule is C[C@@]1(C2CC2)NC(=O)N(CC(=O)Nc2cccc(S(=O)(=O)N3CCCCC3)c2)C1=O. The van der Waals surface area contributed by atoms with E-state index in [9.17, 15) is 22.8 Å². The Morgan fingerprint density at radius 1 is 1.20 bits per heavy atom. The summed E-state index contributed by atoms with van der Waals surface area (Å²) < 4.78 is 27.1. The quantitative estimate of drug-likeness (QED) is 0.659. The number of imide groups is 1. The van der Waals surface area contributed by atoms with Crippen molar-refractivity contribution >= 4 is 33.6 Å². The smallest absolute Gasteiger partial charge is 0.324 e. The van der Waals surface area contributed by atoms with Gasteiger partial charge in [-0.15, -0.1) is 0 Å². The van der Waals surface area contributed by atoms with E-state index in [1.807, 2.05) is 0 Å². The Hall–Kier alpha value is -2.46. The molecule has 3 aliphatic rings. The minimum absolute atomic E-state index is 0.110. The number of amides is 4. The zero-order chi connectivity index (χ0) is 21.5. The van der Waals surface area contributed by atoms with Crippen LogP contribution < -0.4 is 10.6 Å². The van der Waals surface area contributed by atoms with Crippen molar-refractivity contribution in [2.75, 3.05) is 25.0 Å². The van der Waals surface area contributed by atoms with Crippen molar-refractivity contribution in [2.24, 2.45) is 5.92 Å². The molecule has 1 saturated carbocycles. The van der Waals surface area contributed by atoms with Gasteiger partial charge in [-0.25, -0.2) is 13.2 Å². The number of rotatable bonds is 6. The minimum atomic E-state index is -3.62. The van der Waals surface area contributed by atoms with E-state index in [4.69, 9.17) is 0 Å². The number of carbonyl (C=O) groups excluding carboxylic acids is 3. The second-order valence-electron chi connectivity index (χ2n) is 8.34. The largest absolute Gasteiger partial charge is 0.325 e. The van der Waals surface area contributed by atoms with E-state index in [1.165, 1.54) is 16.4 Å². The molecule has 4 amide bonds. The zero-order valence-electron chi connectivity index (χ0n) is 16.9. The Labute approximate surface area is 175 Å². The third-order valence-corrected chi connectivity index (χ3v) is 7.96. The number of benzene rings is 1. The lowest BCUT2D eigenvalue weighted by Crippen LogP contribution is -2.46. The van der Waals surface area contributed by atoms with Crippen LogP contribution in [-0.2, 0) is 19.6 Å². The maximum atomic E-state index is 12.8. The van der Waals surface area contributed by atoms with Crippen molar-refractivity contribution in [3.8, 4) is 0 Å². The predicted molar refractivity (Wildman–Crippen MR) is 109 cm³/mol. The number of sulfonamides is 1. The van der Waals surface area contributed by atoms with E-state index in [-0.39, 0.29) is 10.8 Å². The summed E-state index contributed by atoms with van der Waals surface area (Å²) in [7, 11) is -3.62. The molecule has 1 aliphatic carbocycles. The number of urea groups is 1. The van der Waals surface area contributed by atoms with Crippen LogP contribution in [0, 0.1) is 5.92 Å². The molecule has 30 heavy (non-hydrogen) atoms. The van der Waals surface area contributed by atoms with Crippen molar-refractivity contribution < 1.29 is 22.8 Å². The average molecular weight is 435 g/mol. The fourth-order valence-corrected chi connectivity index (χ4v) is 5.69. The van der Waals surface area contributed by atoms with Gasteiger partial charge in [0, 0.05) is 18.8 Å². The van der Waals surface area contributed by atoms with Crippen LogP contribution >= 0.6 is 0 Å². The number of hydrogen-bond acceptors (Lipinski definition) is 5. The van der Waals surface area contributed by atoms with Crippen molar-refractivity contribution in [1.82, 2.24) is 14.5 Å². The van der Waals surface area contributed by atoms with Gasteiger partial charge in [-0.1, -0.05) is 12.5 Å². The van der Waals surface area contributed by atoms with Crippen LogP contribution in [0.5, 0.6) is 0 Å². The predicted octanol–water partition coefficient (Wildman–Crippen LogP) is 1.52. The molecule has 0 aromatic heterocycles. The van der Waals surface area contributed by atoms with Crippen molar-refractivity contribution in [1.29, 1.82) is 0 Å². The minimum Gasteiger partial charge on any atom is -0.324 e. The van der Waals surface area contributed by atoms with Gasteiger partial charge < -0.3 is 10.6 Å². The Kier molecular flexibility index (Phi) is 5.31. The van der Waals surface area contributed by atoms with Crippen LogP contribution in [0.15, 0.2) is 29.2 Å². The van der Waals surface area contributed by atoms with Gasteiger partial charge in [0.05, 0.1) is 4.90 Å². The summed E-state index contributed by atoms with van der Waals surface area (Å²) in [6, 6.07) is 5.46. The number of hydrogen-bond donors (Lipinski definition) is 2. The summed E-state index contributed by atoms with van der Waals surface area (Å²) in [6.07, 6.45) is 4.44. The van der Waals surface area contributed by atoms with E-state index in [1.54, 1.807) is 19.1 Å². The lowest BCUT2D eigenvalue weighted by Gasteiger charge is -2.26. The molecule has 0 unspecified atom stereocenters. The molecule has 4 rings (SSSR count). The first kappa shape index (κ1) is 20.8. The summed E-state index contributed by atoms with van der Waals surface area (Å²) in [5, 5.41) is 5.30. The first-order valence-electron chi connectivity index (χ1n) is 10.3. The van der Waals surface area contributed by atoms with Gasteiger partial charge in [-0.3, -0.25) is 14.5 Å². The van der Waals surface area contributed by atoms with Gasteiger partial charge in [0.25, 0.3) is 5.91 Å². The molecule has 2 saturated heterocycles. The highest BCUT2D eigenvalue weighted by Gasteiger charge is 2.56. The second-order valence-corrected chi connectivity index (χ2v) is 10.3. The lowest BCUT2D eigenvalue weighted by atomic mass is 9.96. The third-order valence-electron chi connectivity index (χ3n) is 6.07. The van der Waals surface area contributed by atoms with Crippen molar-refractivity contribution in [3.63, 3.8) is 0 Å². The fourth-order valence-electron chi connectivity index (χ4n) is 4.13. The van der Waals surface area contributed by atoms with Crippen LogP contribution in [0.4, 0.5) is 10.5 Å². The molecule has 2 N–H and O–H groups in total. The van der Waals surface area contributed by atoms with Gasteiger partial charge in [0.2, 0.25) is 15.9 Å². The molecule has 0 radical (unpaired) electrons. The summed E-state index contributed by atoms with van der Waals surface area (Å²) in [4.78, 5) is 38.4. The first-order chi connectivity index (χ1) is 14.2. The van der Waals surface area contributed by atoms with E-state index >= 15 is 0 Å². The standard InChI is InChI=1S/C20H26N4O5S/c1-20(14-8-9-14)18(26)24(19(27)22-20)13-17(25)21-15-6-5-7-16(12-15)30(28,29)23-10-3-2-4-11-23/h5-7,12,14H,2-4,8-11,13H2,1H3,(H,21,25)(H,22,27)/t20-/m0/s1. The lowest BCUT2D eigenvalue weighted by molar-refractivity contribution is -0.134. The molecule has 2 heterocycles. The molecular weight excluding hydrogens is 408 g/mol. The van der Waals surface area contributed by atoms with E-state index in [0.717, 1.165) is 37.0 Å². The fraction of sp³-hybridized carbons (Fsp3) is 0.550. The van der Waals surface area contributed by atoms with E-state index in [0.29, 0.717) is 18.8 Å². The number of nitrogens with zero attached hydrogens (tertiary/aromatic N) is 2. The summed E-state index contributed by atoms with van der Waals surface area (Å²) in [6.45, 7) is 2.25. The average Bonchev–Trinajstić information content (AvgIpc) is 3.55. The number of piperidine rings is 1. The molecule has 1 aromatic carbocycles. The molecule has 1 aromatic rings. The van der Waals surface area contributed by atoms with Crippen molar-refractivity contribution in [3.05, 3.63) is 24.3 Å². The molecule has 3 fully saturated rings. The first-order valence-corrected chi connectivity index (χ1v) is 11.7. The van der Waals surface area contributed by atoms with Crippen LogP contribution in [0.2, 0.25) is 0 Å². The summed E-state index contributed by atoms with van der Waals surface area (Å²) in [5.41, 5.74) is -0.644. The van der Waals surface area contributed by atoms with Gasteiger partial charge in [0.15, 0.2) is 0 Å². The van der Waals surface area contributed by atoms with Gasteiger partial charge in [-0.05, 0) is 56.7 Å². The Bertz CT molecular complexity index is 985. The Balaban J connectivity index is 1.43. The van der Waals surface area contributed by atoms with E-state index < -0.39 is 40.0 Å². The highest BCUT2D eigenvalue weighted by Crippen LogP contribution is 2.42. The van der Waals surface area contributed by atoms with Gasteiger partial charge in [0.1, 0.15) is 12.1 Å². The highest BCUT2D eigenvalue weighted by atomic mass is 32.2. The number of carbonyl (C=O) groups is 3. The Morgan fingerprint density at radius 2 is 1.90 bits per heavy atom. The molecule has 2 aliphatic heterocycles. The number of nitrogens with one attached hydrogen (secondary N) is 2. The molecular formula is C20H26N4O5S. The molecule has 0 spiro atoms. The topological polar surface area (TPSA) is 116 Å². The summed E-state index contributed by atoms with van der Waals surface area (Å²) in [5.74, 6) is -0.851. The van der Waals surface area contributed by atoms with Gasteiger partial charge >= 0.3 is 6.03 Å². The van der Waals surface area contributed by atoms with Gasteiger partial charge in [-0.2, -0.15) is 4.31 Å². The molecule has 0 bridgehead atoms. The van der Waals surface area contributed by atoms with Crippen molar-refractivity contribution in [2.45, 2.75) is 49.5 Å². The van der Waals surface area contributed by atoms with Crippen LogP contribution in [0.25, 0.3) is 0 Å². The molecule has 10 heteroatoms. The molecule has 162 valence electrons. The second kappa shape index (κ2) is 7.66.